The number of nitrogens with zero attached hydrogens (tertiary/aromatic N) is 2. The molecule has 2 heterocycles. The van der Waals surface area contributed by atoms with Crippen LogP contribution in [0.5, 0.6) is 0 Å². The van der Waals surface area contributed by atoms with Gasteiger partial charge in [0.15, 0.2) is 0 Å². The molecule has 148 valence electrons. The van der Waals surface area contributed by atoms with Gasteiger partial charge in [-0.3, -0.25) is 14.2 Å². The Hall–Kier alpha value is -2.10. The van der Waals surface area contributed by atoms with Crippen LogP contribution in [0, 0.1) is 0 Å². The average molecular weight is 414 g/mol. The van der Waals surface area contributed by atoms with Gasteiger partial charge in [0.2, 0.25) is 15.9 Å². The molecule has 1 amide bonds. The summed E-state index contributed by atoms with van der Waals surface area (Å²) in [5.41, 5.74) is 0.711. The highest BCUT2D eigenvalue weighted by molar-refractivity contribution is 7.92. The quantitative estimate of drug-likeness (QED) is 0.657. The van der Waals surface area contributed by atoms with E-state index in [1.54, 1.807) is 35.1 Å². The lowest BCUT2D eigenvalue weighted by Gasteiger charge is -2.36. The minimum atomic E-state index is -3.30. The zero-order valence-corrected chi connectivity index (χ0v) is 16.6. The van der Waals surface area contributed by atoms with Crippen LogP contribution >= 0.6 is 12.4 Å². The van der Waals surface area contributed by atoms with E-state index in [1.165, 1.54) is 0 Å². The van der Waals surface area contributed by atoms with Crippen molar-refractivity contribution < 1.29 is 13.2 Å². The van der Waals surface area contributed by atoms with Crippen molar-refractivity contribution in [1.82, 2.24) is 20.4 Å². The summed E-state index contributed by atoms with van der Waals surface area (Å²) in [7, 11) is -3.30. The van der Waals surface area contributed by atoms with Crippen LogP contribution in [0.25, 0.3) is 0 Å². The summed E-state index contributed by atoms with van der Waals surface area (Å²) < 4.78 is 26.7. The fourth-order valence-corrected chi connectivity index (χ4v) is 3.74. The van der Waals surface area contributed by atoms with Gasteiger partial charge in [0.25, 0.3) is 0 Å². The van der Waals surface area contributed by atoms with E-state index in [2.05, 4.69) is 20.5 Å². The van der Waals surface area contributed by atoms with E-state index >= 15 is 0 Å². The highest BCUT2D eigenvalue weighted by atomic mass is 35.5. The van der Waals surface area contributed by atoms with Gasteiger partial charge in [0.1, 0.15) is 5.54 Å². The topological polar surface area (TPSA) is 105 Å². The maximum atomic E-state index is 13.0. The van der Waals surface area contributed by atoms with E-state index < -0.39 is 15.6 Å². The predicted molar refractivity (Wildman–Crippen MR) is 106 cm³/mol. The van der Waals surface area contributed by atoms with Crippen molar-refractivity contribution in [2.45, 2.75) is 24.9 Å². The van der Waals surface area contributed by atoms with Crippen LogP contribution in [-0.4, -0.2) is 43.5 Å². The standard InChI is InChI=1S/C17H23N5O3S.ClH/c1-26(24,25)21-15-5-3-14(4-6-15)13-19-16(23)17(7-10-18-11-8-17)22-12-2-9-20-22;/h2-6,9,12,18,21H,7-8,10-11,13H2,1H3,(H,19,23);1H. The molecule has 0 radical (unpaired) electrons. The summed E-state index contributed by atoms with van der Waals surface area (Å²) in [6.07, 6.45) is 5.98. The van der Waals surface area contributed by atoms with Gasteiger partial charge in [0.05, 0.1) is 6.26 Å². The molecule has 0 bridgehead atoms. The number of aromatic nitrogens is 2. The Morgan fingerprint density at radius 1 is 1.26 bits per heavy atom. The number of rotatable bonds is 6. The molecule has 27 heavy (non-hydrogen) atoms. The third kappa shape index (κ3) is 5.21. The number of hydrogen-bond donors (Lipinski definition) is 3. The molecule has 1 aliphatic rings. The van der Waals surface area contributed by atoms with Gasteiger partial charge < -0.3 is 10.6 Å². The summed E-state index contributed by atoms with van der Waals surface area (Å²) in [4.78, 5) is 13.0. The number of carbonyl (C=O) groups excluding carboxylic acids is 1. The minimum absolute atomic E-state index is 0. The van der Waals surface area contributed by atoms with Crippen LogP contribution in [0.4, 0.5) is 5.69 Å². The van der Waals surface area contributed by atoms with Crippen LogP contribution < -0.4 is 15.4 Å². The Kier molecular flexibility index (Phi) is 6.85. The van der Waals surface area contributed by atoms with Gasteiger partial charge in [0, 0.05) is 24.6 Å². The number of benzene rings is 1. The number of amides is 1. The maximum absolute atomic E-state index is 13.0. The molecule has 1 saturated heterocycles. The molecule has 1 fully saturated rings. The van der Waals surface area contributed by atoms with Crippen molar-refractivity contribution in [2.24, 2.45) is 0 Å². The van der Waals surface area contributed by atoms with Gasteiger partial charge in [-0.25, -0.2) is 8.42 Å². The normalized spacial score (nSPS) is 16.2. The first-order valence-corrected chi connectivity index (χ1v) is 10.3. The molecule has 2 aromatic rings. The smallest absolute Gasteiger partial charge is 0.248 e. The molecule has 10 heteroatoms. The Morgan fingerprint density at radius 3 is 2.48 bits per heavy atom. The van der Waals surface area contributed by atoms with Gasteiger partial charge in [-0.15, -0.1) is 12.4 Å². The van der Waals surface area contributed by atoms with Crippen molar-refractivity contribution in [3.05, 3.63) is 48.3 Å². The lowest BCUT2D eigenvalue weighted by atomic mass is 9.87. The summed E-state index contributed by atoms with van der Waals surface area (Å²) in [6, 6.07) is 8.75. The molecule has 1 aromatic heterocycles. The van der Waals surface area contributed by atoms with Crippen LogP contribution in [-0.2, 0) is 26.9 Å². The number of hydrogen-bond acceptors (Lipinski definition) is 5. The number of nitrogens with one attached hydrogen (secondary N) is 3. The minimum Gasteiger partial charge on any atom is -0.350 e. The van der Waals surface area contributed by atoms with Crippen molar-refractivity contribution >= 4 is 34.0 Å². The first-order valence-electron chi connectivity index (χ1n) is 8.45. The average Bonchev–Trinajstić information content (AvgIpc) is 3.15. The van der Waals surface area contributed by atoms with Crippen LogP contribution in [0.2, 0.25) is 0 Å². The third-order valence-electron chi connectivity index (χ3n) is 4.51. The van der Waals surface area contributed by atoms with Crippen molar-refractivity contribution in [3.8, 4) is 0 Å². The first kappa shape index (κ1) is 21.2. The SMILES string of the molecule is CS(=O)(=O)Nc1ccc(CNC(=O)C2(n3cccn3)CCNCC2)cc1.Cl. The van der Waals surface area contributed by atoms with E-state index in [9.17, 15) is 13.2 Å². The molecule has 0 aliphatic carbocycles. The monoisotopic (exact) mass is 413 g/mol. The molecule has 8 nitrogen and oxygen atoms in total. The fraction of sp³-hybridized carbons (Fsp3) is 0.412. The number of carbonyl (C=O) groups is 1. The summed E-state index contributed by atoms with van der Waals surface area (Å²) >= 11 is 0. The zero-order valence-electron chi connectivity index (χ0n) is 15.0. The largest absolute Gasteiger partial charge is 0.350 e. The molecule has 3 rings (SSSR count). The Bertz CT molecular complexity index is 847. The molecule has 3 N–H and O–H groups in total. The number of anilines is 1. The van der Waals surface area contributed by atoms with E-state index in [1.807, 2.05) is 12.3 Å². The lowest BCUT2D eigenvalue weighted by Crippen LogP contribution is -2.54. The van der Waals surface area contributed by atoms with Crippen LogP contribution in [0.15, 0.2) is 42.7 Å². The first-order chi connectivity index (χ1) is 12.4. The number of sulfonamides is 1. The van der Waals surface area contributed by atoms with E-state index in [0.717, 1.165) is 24.9 Å². The van der Waals surface area contributed by atoms with E-state index in [-0.39, 0.29) is 18.3 Å². The Balaban J connectivity index is 0.00000261. The van der Waals surface area contributed by atoms with Gasteiger partial charge in [-0.2, -0.15) is 5.10 Å². The van der Waals surface area contributed by atoms with Crippen LogP contribution in [0.3, 0.4) is 0 Å². The van der Waals surface area contributed by atoms with Crippen molar-refractivity contribution in [1.29, 1.82) is 0 Å². The van der Waals surface area contributed by atoms with Crippen molar-refractivity contribution in [3.63, 3.8) is 0 Å². The third-order valence-corrected chi connectivity index (χ3v) is 5.11. The number of halogens is 1. The molecule has 0 unspecified atom stereocenters. The summed E-state index contributed by atoms with van der Waals surface area (Å²) in [6.45, 7) is 1.90. The number of piperidine rings is 1. The van der Waals surface area contributed by atoms with E-state index in [4.69, 9.17) is 0 Å². The second-order valence-corrected chi connectivity index (χ2v) is 8.23. The van der Waals surface area contributed by atoms with Crippen LogP contribution in [0.1, 0.15) is 18.4 Å². The van der Waals surface area contributed by atoms with Gasteiger partial charge in [-0.05, 0) is 49.7 Å². The molecule has 0 saturated carbocycles. The van der Waals surface area contributed by atoms with Gasteiger partial charge >= 0.3 is 0 Å². The zero-order chi connectivity index (χ0) is 18.6. The molecular formula is C17H24ClN5O3S. The maximum Gasteiger partial charge on any atom is 0.248 e. The molecule has 0 atom stereocenters. The highest BCUT2D eigenvalue weighted by Gasteiger charge is 2.41. The summed E-state index contributed by atoms with van der Waals surface area (Å²) in [5, 5.41) is 10.6. The summed E-state index contributed by atoms with van der Waals surface area (Å²) in [5.74, 6) is -0.0546. The lowest BCUT2D eigenvalue weighted by molar-refractivity contribution is -0.132. The molecule has 0 spiro atoms. The Labute approximate surface area is 165 Å². The molecule has 1 aromatic carbocycles. The van der Waals surface area contributed by atoms with Gasteiger partial charge in [-0.1, -0.05) is 12.1 Å². The molecule has 1 aliphatic heterocycles. The second-order valence-electron chi connectivity index (χ2n) is 6.49. The second kappa shape index (κ2) is 8.73. The fourth-order valence-electron chi connectivity index (χ4n) is 3.17. The Morgan fingerprint density at radius 2 is 1.93 bits per heavy atom. The predicted octanol–water partition coefficient (Wildman–Crippen LogP) is 1.07. The molecular weight excluding hydrogens is 390 g/mol. The van der Waals surface area contributed by atoms with E-state index in [0.29, 0.717) is 25.1 Å². The highest BCUT2D eigenvalue weighted by Crippen LogP contribution is 2.27. The van der Waals surface area contributed by atoms with Crippen molar-refractivity contribution in [2.75, 3.05) is 24.1 Å².